The van der Waals surface area contributed by atoms with Crippen LogP contribution in [-0.2, 0) is 0 Å². The smallest absolute Gasteiger partial charge is 0.255 e. The number of hydrogen-bond donors (Lipinski definition) is 2. The molecule has 4 aromatic rings. The molecule has 0 radical (unpaired) electrons. The fraction of sp³-hybridized carbons (Fsp3) is 0.130. The van der Waals surface area contributed by atoms with Gasteiger partial charge in [0.15, 0.2) is 11.5 Å². The van der Waals surface area contributed by atoms with E-state index in [1.165, 1.54) is 11.3 Å². The number of thiazole rings is 1. The highest BCUT2D eigenvalue weighted by Crippen LogP contribution is 2.39. The van der Waals surface area contributed by atoms with Gasteiger partial charge in [0.2, 0.25) is 0 Å². The van der Waals surface area contributed by atoms with Crippen LogP contribution >= 0.6 is 11.3 Å². The van der Waals surface area contributed by atoms with E-state index >= 15 is 0 Å². The minimum Gasteiger partial charge on any atom is -0.507 e. The lowest BCUT2D eigenvalue weighted by Gasteiger charge is -2.18. The Morgan fingerprint density at radius 3 is 2.70 bits per heavy atom. The summed E-state index contributed by atoms with van der Waals surface area (Å²) in [5, 5.41) is 14.2. The van der Waals surface area contributed by atoms with E-state index in [2.05, 4.69) is 10.3 Å². The zero-order chi connectivity index (χ0) is 20.7. The summed E-state index contributed by atoms with van der Waals surface area (Å²) in [6.07, 6.45) is 0. The van der Waals surface area contributed by atoms with Crippen LogP contribution in [0.4, 0.5) is 5.69 Å². The summed E-state index contributed by atoms with van der Waals surface area (Å²) in [6.45, 7) is 2.76. The van der Waals surface area contributed by atoms with Gasteiger partial charge in [0.1, 0.15) is 24.0 Å². The summed E-state index contributed by atoms with van der Waals surface area (Å²) in [5.74, 6) is 1.08. The third-order valence-electron chi connectivity index (χ3n) is 4.89. The summed E-state index contributed by atoms with van der Waals surface area (Å²) < 4.78 is 12.1. The number of fused-ring (bicyclic) bond motifs is 2. The molecule has 0 aliphatic carbocycles. The van der Waals surface area contributed by atoms with E-state index in [4.69, 9.17) is 9.47 Å². The number of ether oxygens (including phenoxy) is 2. The number of aromatic hydroxyl groups is 1. The molecule has 30 heavy (non-hydrogen) atoms. The van der Waals surface area contributed by atoms with Gasteiger partial charge in [-0.15, -0.1) is 11.3 Å². The largest absolute Gasteiger partial charge is 0.507 e. The normalized spacial score (nSPS) is 12.7. The molecule has 0 fully saturated rings. The molecule has 0 unspecified atom stereocenters. The van der Waals surface area contributed by atoms with Crippen LogP contribution in [0.5, 0.6) is 17.2 Å². The first kappa shape index (κ1) is 18.4. The molecule has 1 aromatic heterocycles. The number of carbonyl (C=O) groups is 1. The first-order chi connectivity index (χ1) is 14.6. The van der Waals surface area contributed by atoms with Gasteiger partial charge in [-0.25, -0.2) is 4.98 Å². The van der Waals surface area contributed by atoms with Crippen molar-refractivity contribution in [3.63, 3.8) is 0 Å². The van der Waals surface area contributed by atoms with Gasteiger partial charge in [0.25, 0.3) is 5.91 Å². The van der Waals surface area contributed by atoms with Crippen molar-refractivity contribution in [2.24, 2.45) is 0 Å². The Balaban J connectivity index is 1.47. The lowest BCUT2D eigenvalue weighted by Crippen LogP contribution is -2.17. The third kappa shape index (κ3) is 3.33. The Morgan fingerprint density at radius 2 is 1.87 bits per heavy atom. The van der Waals surface area contributed by atoms with Gasteiger partial charge >= 0.3 is 0 Å². The number of phenolic OH excluding ortho intramolecular Hbond substituents is 1. The van der Waals surface area contributed by atoms with Crippen LogP contribution in [0.3, 0.4) is 0 Å². The summed E-state index contributed by atoms with van der Waals surface area (Å²) in [5.41, 5.74) is 3.17. The molecule has 1 amide bonds. The Bertz CT molecular complexity index is 1250. The number of nitrogens with zero attached hydrogens (tertiary/aromatic N) is 1. The molecule has 0 atom stereocenters. The highest BCUT2D eigenvalue weighted by molar-refractivity contribution is 7.21. The van der Waals surface area contributed by atoms with Crippen LogP contribution in [0.1, 0.15) is 15.9 Å². The number of benzene rings is 3. The van der Waals surface area contributed by atoms with Crippen molar-refractivity contribution in [3.8, 4) is 27.8 Å². The highest BCUT2D eigenvalue weighted by atomic mass is 32.1. The molecule has 5 rings (SSSR count). The van der Waals surface area contributed by atoms with Crippen LogP contribution in [0.15, 0.2) is 54.6 Å². The van der Waals surface area contributed by atoms with Gasteiger partial charge in [-0.05, 0) is 55.0 Å². The van der Waals surface area contributed by atoms with E-state index < -0.39 is 0 Å². The molecule has 7 heteroatoms. The molecule has 0 spiro atoms. The average molecular weight is 418 g/mol. The van der Waals surface area contributed by atoms with Gasteiger partial charge in [-0.3, -0.25) is 4.79 Å². The number of carbonyl (C=O) groups excluding carboxylic acids is 1. The Morgan fingerprint density at radius 1 is 1.07 bits per heavy atom. The predicted molar refractivity (Wildman–Crippen MR) is 117 cm³/mol. The van der Waals surface area contributed by atoms with Crippen molar-refractivity contribution in [3.05, 3.63) is 65.7 Å². The van der Waals surface area contributed by atoms with Crippen molar-refractivity contribution in [1.82, 2.24) is 4.98 Å². The van der Waals surface area contributed by atoms with E-state index in [0.717, 1.165) is 10.2 Å². The summed E-state index contributed by atoms with van der Waals surface area (Å²) in [7, 11) is 0. The topological polar surface area (TPSA) is 80.7 Å². The number of aromatic nitrogens is 1. The molecule has 3 aromatic carbocycles. The van der Waals surface area contributed by atoms with Crippen LogP contribution in [0, 0.1) is 6.92 Å². The Labute approximate surface area is 176 Å². The second-order valence-corrected chi connectivity index (χ2v) is 8.02. The minimum atomic E-state index is -0.271. The number of aryl methyl sites for hydroxylation is 1. The first-order valence-electron chi connectivity index (χ1n) is 9.49. The Kier molecular flexibility index (Phi) is 4.52. The van der Waals surface area contributed by atoms with Gasteiger partial charge in [0, 0.05) is 11.3 Å². The van der Waals surface area contributed by atoms with Crippen molar-refractivity contribution in [1.29, 1.82) is 0 Å². The van der Waals surface area contributed by atoms with E-state index in [1.54, 1.807) is 37.3 Å². The number of rotatable bonds is 3. The second kappa shape index (κ2) is 7.35. The first-order valence-corrected chi connectivity index (χ1v) is 10.3. The lowest BCUT2D eigenvalue weighted by molar-refractivity contribution is 0.102. The average Bonchev–Trinajstić information content (AvgIpc) is 3.19. The zero-order valence-corrected chi connectivity index (χ0v) is 17.0. The quantitative estimate of drug-likeness (QED) is 0.458. The third-order valence-corrected chi connectivity index (χ3v) is 5.96. The van der Waals surface area contributed by atoms with E-state index in [0.29, 0.717) is 52.1 Å². The van der Waals surface area contributed by atoms with Crippen molar-refractivity contribution in [2.45, 2.75) is 6.92 Å². The number of para-hydroxylation sites is 1. The number of hydrogen-bond acceptors (Lipinski definition) is 6. The molecule has 1 aliphatic heterocycles. The molecule has 0 saturated heterocycles. The van der Waals surface area contributed by atoms with Gasteiger partial charge in [-0.1, -0.05) is 12.1 Å². The van der Waals surface area contributed by atoms with E-state index in [9.17, 15) is 9.90 Å². The van der Waals surface area contributed by atoms with Crippen molar-refractivity contribution >= 4 is 33.1 Å². The van der Waals surface area contributed by atoms with Crippen LogP contribution in [-0.4, -0.2) is 29.2 Å². The number of anilines is 1. The van der Waals surface area contributed by atoms with Crippen LogP contribution < -0.4 is 14.8 Å². The Hall–Kier alpha value is -3.58. The maximum Gasteiger partial charge on any atom is 0.255 e. The van der Waals surface area contributed by atoms with Crippen LogP contribution in [0.2, 0.25) is 0 Å². The molecule has 6 nitrogen and oxygen atoms in total. The maximum atomic E-state index is 12.8. The molecule has 150 valence electrons. The van der Waals surface area contributed by atoms with Gasteiger partial charge in [0.05, 0.1) is 15.8 Å². The highest BCUT2D eigenvalue weighted by Gasteiger charge is 2.17. The van der Waals surface area contributed by atoms with E-state index in [1.807, 2.05) is 24.3 Å². The molecular weight excluding hydrogens is 400 g/mol. The molecule has 2 heterocycles. The SMILES string of the molecule is Cc1cc(NC(=O)c2ccc3c(c2)OCCO3)cc(-c2nc3ccccc3s2)c1O. The summed E-state index contributed by atoms with van der Waals surface area (Å²) in [6, 6.07) is 16.4. The molecule has 0 bridgehead atoms. The molecular formula is C23H18N2O4S. The fourth-order valence-corrected chi connectivity index (χ4v) is 4.37. The van der Waals surface area contributed by atoms with Crippen molar-refractivity contribution in [2.75, 3.05) is 18.5 Å². The summed E-state index contributed by atoms with van der Waals surface area (Å²) >= 11 is 1.50. The number of phenols is 1. The zero-order valence-electron chi connectivity index (χ0n) is 16.1. The number of amides is 1. The minimum absolute atomic E-state index is 0.159. The standard InChI is InChI=1S/C23H18N2O4S/c1-13-10-15(24-22(27)14-6-7-18-19(11-14)29-9-8-28-18)12-16(21(13)26)23-25-17-4-2-3-5-20(17)30-23/h2-7,10-12,26H,8-9H2,1H3,(H,24,27). The van der Waals surface area contributed by atoms with E-state index in [-0.39, 0.29) is 11.7 Å². The number of nitrogens with one attached hydrogen (secondary N) is 1. The van der Waals surface area contributed by atoms with Crippen molar-refractivity contribution < 1.29 is 19.4 Å². The predicted octanol–water partition coefficient (Wildman–Crippen LogP) is 5.00. The lowest BCUT2D eigenvalue weighted by atomic mass is 10.1. The molecule has 2 N–H and O–H groups in total. The molecule has 1 aliphatic rings. The fourth-order valence-electron chi connectivity index (χ4n) is 3.39. The maximum absolute atomic E-state index is 12.8. The van der Waals surface area contributed by atoms with Crippen LogP contribution in [0.25, 0.3) is 20.8 Å². The molecule has 0 saturated carbocycles. The summed E-state index contributed by atoms with van der Waals surface area (Å²) in [4.78, 5) is 17.4. The van der Waals surface area contributed by atoms with Gasteiger partial charge in [-0.2, -0.15) is 0 Å². The second-order valence-electron chi connectivity index (χ2n) is 6.99. The van der Waals surface area contributed by atoms with Gasteiger partial charge < -0.3 is 19.9 Å². The monoisotopic (exact) mass is 418 g/mol.